The highest BCUT2D eigenvalue weighted by molar-refractivity contribution is 6.31. The van der Waals surface area contributed by atoms with Crippen LogP contribution in [0.3, 0.4) is 0 Å². The van der Waals surface area contributed by atoms with E-state index in [9.17, 15) is 4.79 Å². The molecule has 0 amide bonds. The second-order valence-corrected chi connectivity index (χ2v) is 6.69. The molecule has 0 aliphatic heterocycles. The summed E-state index contributed by atoms with van der Waals surface area (Å²) in [6, 6.07) is 15.2. The van der Waals surface area contributed by atoms with Gasteiger partial charge in [-0.3, -0.25) is 9.36 Å². The van der Waals surface area contributed by atoms with Crippen LogP contribution in [0.15, 0.2) is 65.7 Å². The van der Waals surface area contributed by atoms with Crippen LogP contribution in [-0.2, 0) is 13.5 Å². The van der Waals surface area contributed by atoms with Crippen LogP contribution in [0, 0.1) is 0 Å². The predicted octanol–water partition coefficient (Wildman–Crippen LogP) is 3.43. The Morgan fingerprint density at radius 1 is 1.15 bits per heavy atom. The van der Waals surface area contributed by atoms with Crippen LogP contribution in [0.5, 0.6) is 0 Å². The summed E-state index contributed by atoms with van der Waals surface area (Å²) < 4.78 is 3.35. The molecule has 4 rings (SSSR count). The number of nitrogens with one attached hydrogen (secondary N) is 1. The maximum Gasteiger partial charge on any atom is 0.262 e. The number of nitrogens with zero attached hydrogens (tertiary/aromatic N) is 4. The Morgan fingerprint density at radius 3 is 2.70 bits per heavy atom. The molecule has 136 valence electrons. The largest absolute Gasteiger partial charge is 0.355 e. The van der Waals surface area contributed by atoms with Gasteiger partial charge in [0.25, 0.3) is 5.56 Å². The lowest BCUT2D eigenvalue weighted by Gasteiger charge is -2.11. The Labute approximate surface area is 161 Å². The van der Waals surface area contributed by atoms with E-state index in [-0.39, 0.29) is 5.56 Å². The highest BCUT2D eigenvalue weighted by Crippen LogP contribution is 2.16. The molecule has 0 spiro atoms. The molecular formula is C20H18ClN5O. The molecule has 27 heavy (non-hydrogen) atoms. The van der Waals surface area contributed by atoms with Crippen LogP contribution in [0.25, 0.3) is 16.6 Å². The number of anilines is 1. The first-order valence-electron chi connectivity index (χ1n) is 8.61. The third kappa shape index (κ3) is 3.57. The predicted molar refractivity (Wildman–Crippen MR) is 108 cm³/mol. The van der Waals surface area contributed by atoms with Crippen molar-refractivity contribution >= 4 is 28.5 Å². The topological polar surface area (TPSA) is 64.7 Å². The summed E-state index contributed by atoms with van der Waals surface area (Å²) in [4.78, 5) is 17.0. The molecule has 1 N–H and O–H groups in total. The monoisotopic (exact) mass is 379 g/mol. The van der Waals surface area contributed by atoms with Crippen molar-refractivity contribution in [1.82, 2.24) is 19.3 Å². The summed E-state index contributed by atoms with van der Waals surface area (Å²) in [5.41, 5.74) is 2.71. The number of hydrogen-bond donors (Lipinski definition) is 1. The lowest BCUT2D eigenvalue weighted by atomic mass is 10.1. The van der Waals surface area contributed by atoms with E-state index in [4.69, 9.17) is 11.6 Å². The summed E-state index contributed by atoms with van der Waals surface area (Å²) in [6.45, 7) is 0.660. The number of aromatic nitrogens is 4. The van der Waals surface area contributed by atoms with Gasteiger partial charge in [0.15, 0.2) is 0 Å². The minimum Gasteiger partial charge on any atom is -0.355 e. The van der Waals surface area contributed by atoms with Crippen molar-refractivity contribution in [2.45, 2.75) is 6.42 Å². The van der Waals surface area contributed by atoms with Crippen LogP contribution in [0.4, 0.5) is 5.95 Å². The van der Waals surface area contributed by atoms with Gasteiger partial charge in [-0.05, 0) is 48.4 Å². The maximum absolute atomic E-state index is 12.5. The maximum atomic E-state index is 12.5. The molecule has 0 bridgehead atoms. The van der Waals surface area contributed by atoms with E-state index in [1.807, 2.05) is 29.1 Å². The van der Waals surface area contributed by atoms with Gasteiger partial charge in [0.1, 0.15) is 0 Å². The molecule has 7 heteroatoms. The molecule has 6 nitrogen and oxygen atoms in total. The second-order valence-electron chi connectivity index (χ2n) is 6.25. The van der Waals surface area contributed by atoms with Gasteiger partial charge in [-0.15, -0.1) is 0 Å². The highest BCUT2D eigenvalue weighted by Gasteiger charge is 2.08. The molecule has 0 aliphatic rings. The zero-order chi connectivity index (χ0) is 18.8. The quantitative estimate of drug-likeness (QED) is 0.577. The van der Waals surface area contributed by atoms with E-state index < -0.39 is 0 Å². The third-order valence-corrected chi connectivity index (χ3v) is 4.68. The first-order chi connectivity index (χ1) is 13.1. The van der Waals surface area contributed by atoms with E-state index in [0.29, 0.717) is 28.4 Å². The van der Waals surface area contributed by atoms with Crippen molar-refractivity contribution in [3.8, 4) is 5.69 Å². The molecule has 2 aromatic heterocycles. The van der Waals surface area contributed by atoms with Crippen LogP contribution in [0.2, 0.25) is 5.02 Å². The first kappa shape index (κ1) is 17.3. The Morgan fingerprint density at radius 2 is 1.96 bits per heavy atom. The molecule has 0 unspecified atom stereocenters. The fourth-order valence-electron chi connectivity index (χ4n) is 2.96. The number of benzene rings is 2. The van der Waals surface area contributed by atoms with E-state index in [1.165, 1.54) is 10.1 Å². The SMILES string of the molecule is Cn1c(NCCc2ccc(-n3cccn3)cc2)nc2cc(Cl)ccc2c1=O. The highest BCUT2D eigenvalue weighted by atomic mass is 35.5. The fourth-order valence-corrected chi connectivity index (χ4v) is 3.12. The smallest absolute Gasteiger partial charge is 0.262 e. The second kappa shape index (κ2) is 7.25. The number of hydrogen-bond acceptors (Lipinski definition) is 4. The molecule has 0 aliphatic carbocycles. The van der Waals surface area contributed by atoms with Crippen LogP contribution < -0.4 is 10.9 Å². The molecule has 0 radical (unpaired) electrons. The molecule has 4 aromatic rings. The van der Waals surface area contributed by atoms with Crippen molar-refractivity contribution in [3.63, 3.8) is 0 Å². The number of halogens is 1. The first-order valence-corrected chi connectivity index (χ1v) is 8.99. The third-order valence-electron chi connectivity index (χ3n) is 4.44. The molecule has 2 heterocycles. The van der Waals surface area contributed by atoms with Gasteiger partial charge in [-0.25, -0.2) is 9.67 Å². The van der Waals surface area contributed by atoms with Gasteiger partial charge in [0, 0.05) is 31.0 Å². The number of rotatable bonds is 5. The van der Waals surface area contributed by atoms with Crippen LogP contribution in [-0.4, -0.2) is 25.9 Å². The van der Waals surface area contributed by atoms with Crippen molar-refractivity contribution < 1.29 is 0 Å². The molecule has 0 saturated heterocycles. The zero-order valence-corrected chi connectivity index (χ0v) is 15.5. The fraction of sp³-hybridized carbons (Fsp3) is 0.150. The molecule has 0 atom stereocenters. The average molecular weight is 380 g/mol. The van der Waals surface area contributed by atoms with E-state index in [0.717, 1.165) is 12.1 Å². The van der Waals surface area contributed by atoms with Gasteiger partial charge in [0.05, 0.1) is 16.6 Å². The molecule has 0 saturated carbocycles. The van der Waals surface area contributed by atoms with Gasteiger partial charge in [0.2, 0.25) is 5.95 Å². The van der Waals surface area contributed by atoms with Crippen molar-refractivity contribution in [2.75, 3.05) is 11.9 Å². The van der Waals surface area contributed by atoms with Gasteiger partial charge in [-0.2, -0.15) is 5.10 Å². The van der Waals surface area contributed by atoms with E-state index in [1.54, 1.807) is 31.4 Å². The summed E-state index contributed by atoms with van der Waals surface area (Å²) >= 11 is 6.02. The standard InChI is InChI=1S/C20H18ClN5O/c1-25-19(27)17-8-5-15(21)13-18(17)24-20(25)22-11-9-14-3-6-16(7-4-14)26-12-2-10-23-26/h2-8,10,12-13H,9,11H2,1H3,(H,22,24). The number of fused-ring (bicyclic) bond motifs is 1. The zero-order valence-electron chi connectivity index (χ0n) is 14.8. The van der Waals surface area contributed by atoms with Crippen molar-refractivity contribution in [2.24, 2.45) is 7.05 Å². The van der Waals surface area contributed by atoms with Gasteiger partial charge in [-0.1, -0.05) is 23.7 Å². The Bertz CT molecular complexity index is 1130. The molecular weight excluding hydrogens is 362 g/mol. The van der Waals surface area contributed by atoms with Crippen LogP contribution in [0.1, 0.15) is 5.56 Å². The average Bonchev–Trinajstić information content (AvgIpc) is 3.21. The Hall–Kier alpha value is -3.12. The van der Waals surface area contributed by atoms with Crippen molar-refractivity contribution in [1.29, 1.82) is 0 Å². The molecule has 2 aromatic carbocycles. The Kier molecular flexibility index (Phi) is 4.64. The van der Waals surface area contributed by atoms with Gasteiger partial charge < -0.3 is 5.32 Å². The summed E-state index contributed by atoms with van der Waals surface area (Å²) in [6.07, 6.45) is 4.48. The van der Waals surface area contributed by atoms with E-state index >= 15 is 0 Å². The van der Waals surface area contributed by atoms with Crippen molar-refractivity contribution in [3.05, 3.63) is 81.9 Å². The minimum absolute atomic E-state index is 0.0947. The normalized spacial score (nSPS) is 11.0. The van der Waals surface area contributed by atoms with E-state index in [2.05, 4.69) is 27.5 Å². The Balaban J connectivity index is 1.47. The summed E-state index contributed by atoms with van der Waals surface area (Å²) in [5, 5.41) is 8.59. The van der Waals surface area contributed by atoms with Gasteiger partial charge >= 0.3 is 0 Å². The summed E-state index contributed by atoms with van der Waals surface area (Å²) in [7, 11) is 1.71. The lowest BCUT2D eigenvalue weighted by Crippen LogP contribution is -2.23. The minimum atomic E-state index is -0.0947. The van der Waals surface area contributed by atoms with Crippen LogP contribution >= 0.6 is 11.6 Å². The lowest BCUT2D eigenvalue weighted by molar-refractivity contribution is 0.833. The summed E-state index contributed by atoms with van der Waals surface area (Å²) in [5.74, 6) is 0.530. The molecule has 0 fully saturated rings.